The maximum atomic E-state index is 6.13. The van der Waals surface area contributed by atoms with Crippen LogP contribution in [0.4, 0.5) is 11.8 Å². The molecule has 0 radical (unpaired) electrons. The first kappa shape index (κ1) is 14.5. The monoisotopic (exact) mass is 317 g/mol. The topological polar surface area (TPSA) is 82.8 Å². The van der Waals surface area contributed by atoms with Crippen LogP contribution in [0.25, 0.3) is 32.9 Å². The predicted octanol–water partition coefficient (Wildman–Crippen LogP) is 3.57. The van der Waals surface area contributed by atoms with Gasteiger partial charge < -0.3 is 16.0 Å². The Morgan fingerprint density at radius 1 is 1.00 bits per heavy atom. The lowest BCUT2D eigenvalue weighted by Crippen LogP contribution is -2.02. The second-order valence-electron chi connectivity index (χ2n) is 6.22. The summed E-state index contributed by atoms with van der Waals surface area (Å²) < 4.78 is 2.11. The molecule has 2 aromatic heterocycles. The second-order valence-corrected chi connectivity index (χ2v) is 6.22. The molecule has 0 fully saturated rings. The van der Waals surface area contributed by atoms with Crippen LogP contribution >= 0.6 is 0 Å². The zero-order valence-electron chi connectivity index (χ0n) is 14.0. The highest BCUT2D eigenvalue weighted by atomic mass is 15.0. The van der Waals surface area contributed by atoms with Crippen molar-refractivity contribution in [3.8, 4) is 11.1 Å². The van der Waals surface area contributed by atoms with Gasteiger partial charge in [-0.1, -0.05) is 18.2 Å². The van der Waals surface area contributed by atoms with Crippen LogP contribution in [-0.2, 0) is 7.05 Å². The van der Waals surface area contributed by atoms with E-state index in [-0.39, 0.29) is 5.95 Å². The van der Waals surface area contributed by atoms with Crippen LogP contribution in [0.1, 0.15) is 11.1 Å². The van der Waals surface area contributed by atoms with Crippen molar-refractivity contribution in [1.29, 1.82) is 0 Å². The summed E-state index contributed by atoms with van der Waals surface area (Å²) in [5, 5.41) is 1.90. The van der Waals surface area contributed by atoms with E-state index in [0.29, 0.717) is 5.82 Å². The number of nitrogen functional groups attached to an aromatic ring is 2. The fourth-order valence-corrected chi connectivity index (χ4v) is 3.42. The molecular weight excluding hydrogens is 298 g/mol. The number of fused-ring (bicyclic) bond motifs is 3. The Morgan fingerprint density at radius 2 is 1.79 bits per heavy atom. The fourth-order valence-electron chi connectivity index (χ4n) is 3.42. The molecule has 5 heteroatoms. The van der Waals surface area contributed by atoms with E-state index in [2.05, 4.69) is 58.7 Å². The van der Waals surface area contributed by atoms with Gasteiger partial charge in [-0.25, -0.2) is 4.98 Å². The molecule has 0 aliphatic carbocycles. The third kappa shape index (κ3) is 1.94. The standard InChI is InChI=1S/C19H19N5/c1-10-5-4-6-12(11(10)2)14-9-15-16(18(20)23-19(21)22-15)13-7-8-24(3)17(13)14/h4-9H,1-3H3,(H4,20,21,22,23). The van der Waals surface area contributed by atoms with E-state index in [1.807, 2.05) is 13.2 Å². The summed E-state index contributed by atoms with van der Waals surface area (Å²) in [6.45, 7) is 4.27. The molecule has 0 amide bonds. The van der Waals surface area contributed by atoms with Crippen molar-refractivity contribution >= 4 is 33.6 Å². The Kier molecular flexibility index (Phi) is 3.00. The second kappa shape index (κ2) is 4.96. The van der Waals surface area contributed by atoms with Gasteiger partial charge in [-0.15, -0.1) is 0 Å². The van der Waals surface area contributed by atoms with Crippen molar-refractivity contribution in [2.45, 2.75) is 13.8 Å². The molecule has 4 rings (SSSR count). The van der Waals surface area contributed by atoms with E-state index in [4.69, 9.17) is 11.5 Å². The number of rotatable bonds is 1. The molecule has 2 heterocycles. The molecule has 5 nitrogen and oxygen atoms in total. The van der Waals surface area contributed by atoms with E-state index in [1.165, 1.54) is 16.7 Å². The number of nitrogens with two attached hydrogens (primary N) is 2. The summed E-state index contributed by atoms with van der Waals surface area (Å²) in [7, 11) is 2.04. The highest BCUT2D eigenvalue weighted by Gasteiger charge is 2.16. The van der Waals surface area contributed by atoms with Gasteiger partial charge >= 0.3 is 0 Å². The predicted molar refractivity (Wildman–Crippen MR) is 99.7 cm³/mol. The van der Waals surface area contributed by atoms with Crippen LogP contribution in [0.15, 0.2) is 36.5 Å². The number of anilines is 2. The van der Waals surface area contributed by atoms with Crippen molar-refractivity contribution in [1.82, 2.24) is 14.5 Å². The number of hydrogen-bond acceptors (Lipinski definition) is 4. The number of benzene rings is 2. The van der Waals surface area contributed by atoms with Crippen molar-refractivity contribution in [3.63, 3.8) is 0 Å². The average molecular weight is 317 g/mol. The molecule has 0 unspecified atom stereocenters. The lowest BCUT2D eigenvalue weighted by Gasteiger charge is -2.14. The Bertz CT molecular complexity index is 1110. The van der Waals surface area contributed by atoms with Crippen LogP contribution in [0, 0.1) is 13.8 Å². The molecule has 0 saturated heterocycles. The lowest BCUT2D eigenvalue weighted by atomic mass is 9.94. The zero-order chi connectivity index (χ0) is 17.0. The zero-order valence-corrected chi connectivity index (χ0v) is 14.0. The van der Waals surface area contributed by atoms with E-state index < -0.39 is 0 Å². The highest BCUT2D eigenvalue weighted by molar-refractivity contribution is 6.15. The molecule has 4 aromatic rings. The molecule has 0 bridgehead atoms. The first-order valence-electron chi connectivity index (χ1n) is 7.84. The largest absolute Gasteiger partial charge is 0.383 e. The van der Waals surface area contributed by atoms with Gasteiger partial charge in [-0.3, -0.25) is 0 Å². The summed E-state index contributed by atoms with van der Waals surface area (Å²) >= 11 is 0. The summed E-state index contributed by atoms with van der Waals surface area (Å²) in [4.78, 5) is 8.54. The minimum atomic E-state index is 0.196. The van der Waals surface area contributed by atoms with Gasteiger partial charge in [0.1, 0.15) is 5.82 Å². The third-order valence-corrected chi connectivity index (χ3v) is 4.76. The van der Waals surface area contributed by atoms with E-state index in [0.717, 1.165) is 27.4 Å². The average Bonchev–Trinajstić information content (AvgIpc) is 2.91. The van der Waals surface area contributed by atoms with Gasteiger partial charge in [-0.05, 0) is 42.7 Å². The van der Waals surface area contributed by atoms with E-state index >= 15 is 0 Å². The molecule has 0 spiro atoms. The number of hydrogen-bond donors (Lipinski definition) is 2. The Morgan fingerprint density at radius 3 is 2.58 bits per heavy atom. The Hall–Kier alpha value is -3.08. The molecule has 0 atom stereocenters. The van der Waals surface area contributed by atoms with Crippen LogP contribution in [0.2, 0.25) is 0 Å². The normalized spacial score (nSPS) is 11.5. The van der Waals surface area contributed by atoms with Gasteiger partial charge in [0.05, 0.1) is 16.4 Å². The van der Waals surface area contributed by atoms with Crippen molar-refractivity contribution in [3.05, 3.63) is 47.7 Å². The quantitative estimate of drug-likeness (QED) is 0.562. The van der Waals surface area contributed by atoms with E-state index in [9.17, 15) is 0 Å². The molecular formula is C19H19N5. The Balaban J connectivity index is 2.22. The molecule has 24 heavy (non-hydrogen) atoms. The molecule has 2 aromatic carbocycles. The third-order valence-electron chi connectivity index (χ3n) is 4.76. The lowest BCUT2D eigenvalue weighted by molar-refractivity contribution is 0.970. The van der Waals surface area contributed by atoms with E-state index in [1.54, 1.807) is 0 Å². The maximum absolute atomic E-state index is 6.13. The summed E-state index contributed by atoms with van der Waals surface area (Å²) in [5.74, 6) is 0.614. The van der Waals surface area contributed by atoms with Crippen molar-refractivity contribution in [2.75, 3.05) is 11.5 Å². The van der Waals surface area contributed by atoms with Crippen LogP contribution in [-0.4, -0.2) is 14.5 Å². The van der Waals surface area contributed by atoms with Crippen LogP contribution < -0.4 is 11.5 Å². The van der Waals surface area contributed by atoms with Gasteiger partial charge in [0, 0.05) is 24.2 Å². The fraction of sp³-hybridized carbons (Fsp3) is 0.158. The summed E-state index contributed by atoms with van der Waals surface area (Å²) in [5.41, 5.74) is 18.7. The van der Waals surface area contributed by atoms with Gasteiger partial charge in [0.2, 0.25) is 5.95 Å². The first-order chi connectivity index (χ1) is 11.5. The molecule has 120 valence electrons. The molecule has 0 aliphatic rings. The van der Waals surface area contributed by atoms with Crippen LogP contribution in [0.5, 0.6) is 0 Å². The summed E-state index contributed by atoms with van der Waals surface area (Å²) in [6.07, 6.45) is 2.04. The maximum Gasteiger partial charge on any atom is 0.222 e. The van der Waals surface area contributed by atoms with Crippen LogP contribution in [0.3, 0.4) is 0 Å². The smallest absolute Gasteiger partial charge is 0.222 e. The molecule has 0 aliphatic heterocycles. The highest BCUT2D eigenvalue weighted by Crippen LogP contribution is 2.38. The molecule has 0 saturated carbocycles. The minimum absolute atomic E-state index is 0.196. The number of aryl methyl sites for hydroxylation is 2. The SMILES string of the molecule is Cc1cccc(-c2cc3nc(N)nc(N)c3c3ccn(C)c23)c1C. The first-order valence-corrected chi connectivity index (χ1v) is 7.84. The Labute approximate surface area is 139 Å². The number of aromatic nitrogens is 3. The van der Waals surface area contributed by atoms with Gasteiger partial charge in [-0.2, -0.15) is 4.98 Å². The van der Waals surface area contributed by atoms with Crippen molar-refractivity contribution < 1.29 is 0 Å². The minimum Gasteiger partial charge on any atom is -0.383 e. The van der Waals surface area contributed by atoms with Gasteiger partial charge in [0.15, 0.2) is 0 Å². The summed E-state index contributed by atoms with van der Waals surface area (Å²) in [6, 6.07) is 10.5. The van der Waals surface area contributed by atoms with Gasteiger partial charge in [0.25, 0.3) is 0 Å². The van der Waals surface area contributed by atoms with Crippen molar-refractivity contribution in [2.24, 2.45) is 7.05 Å². The number of nitrogens with zero attached hydrogens (tertiary/aromatic N) is 3. The molecule has 4 N–H and O–H groups in total.